The van der Waals surface area contributed by atoms with Crippen LogP contribution in [0.15, 0.2) is 0 Å². The summed E-state index contributed by atoms with van der Waals surface area (Å²) in [5, 5.41) is 186. The molecule has 68 heavy (non-hydrogen) atoms. The molecule has 22 fully saturated rings. The first-order chi connectivity index (χ1) is 32.5. The number of nitrogens with one attached hydrogen (secondary N) is 1. The summed E-state index contributed by atoms with van der Waals surface area (Å²) < 4.78 is 68.8. The monoisotopic (exact) mass is 1000 g/mol. The Bertz CT molecular complexity index is 1550. The van der Waals surface area contributed by atoms with E-state index in [1.54, 1.807) is 0 Å². The van der Waals surface area contributed by atoms with Crippen LogP contribution in [0.4, 0.5) is 0 Å². The first-order valence-electron chi connectivity index (χ1n) is 21.8. The fourth-order valence-electron chi connectivity index (χ4n) is 9.18. The summed E-state index contributed by atoms with van der Waals surface area (Å²) in [7, 11) is 1.27. The Balaban J connectivity index is 1.21. The van der Waals surface area contributed by atoms with Gasteiger partial charge in [-0.2, -0.15) is 0 Å². The maximum Gasteiger partial charge on any atom is 0.187 e. The van der Waals surface area contributed by atoms with E-state index >= 15 is 0 Å². The third-order valence-electron chi connectivity index (χ3n) is 12.9. The molecule has 31 heteroatoms. The molecular weight excluding hydrogens is 938 g/mol. The van der Waals surface area contributed by atoms with Crippen LogP contribution in [0.25, 0.3) is 0 Å². The van der Waals surface area contributed by atoms with E-state index in [-0.39, 0.29) is 0 Å². The van der Waals surface area contributed by atoms with Crippen molar-refractivity contribution in [3.8, 4) is 0 Å². The van der Waals surface area contributed by atoms with E-state index < -0.39 is 224 Å². The van der Waals surface area contributed by atoms with E-state index in [1.165, 1.54) is 7.05 Å². The minimum Gasteiger partial charge on any atom is -0.394 e. The molecule has 22 saturated heterocycles. The Labute approximate surface area is 384 Å². The van der Waals surface area contributed by atoms with Crippen LogP contribution in [0.2, 0.25) is 0 Å². The van der Waals surface area contributed by atoms with Gasteiger partial charge in [-0.05, 0) is 0 Å². The van der Waals surface area contributed by atoms with Crippen LogP contribution in [0.1, 0.15) is 0 Å². The molecule has 0 aromatic heterocycles. The molecular formula is C37H63NO30. The molecule has 396 valence electrons. The lowest BCUT2D eigenvalue weighted by atomic mass is 9.94. The van der Waals surface area contributed by atoms with E-state index in [0.29, 0.717) is 0 Å². The Hall–Kier alpha value is -1.24. The molecule has 0 unspecified atom stereocenters. The second-order valence-electron chi connectivity index (χ2n) is 17.1. The van der Waals surface area contributed by atoms with Gasteiger partial charge in [0.25, 0.3) is 0 Å². The third kappa shape index (κ3) is 10.6. The predicted octanol–water partition coefficient (Wildman–Crippen LogP) is -12.9. The number of hydrogen-bond donors (Lipinski definition) is 18. The van der Waals surface area contributed by atoms with Crippen molar-refractivity contribution in [3.05, 3.63) is 0 Å². The Morgan fingerprint density at radius 3 is 0.676 bits per heavy atom. The third-order valence-corrected chi connectivity index (χ3v) is 12.9. The summed E-state index contributed by atoms with van der Waals surface area (Å²) in [4.78, 5) is 5.50. The fraction of sp³-hybridized carbons (Fsp3) is 1.00. The number of aliphatic hydroxyl groups is 17. The van der Waals surface area contributed by atoms with E-state index in [0.717, 1.165) is 0 Å². The van der Waals surface area contributed by atoms with Crippen molar-refractivity contribution in [3.63, 3.8) is 0 Å². The van der Waals surface area contributed by atoms with Crippen molar-refractivity contribution >= 4 is 0 Å². The van der Waals surface area contributed by atoms with Crippen molar-refractivity contribution in [1.29, 1.82) is 0 Å². The van der Waals surface area contributed by atoms with Gasteiger partial charge in [0.05, 0.1) is 39.6 Å². The van der Waals surface area contributed by atoms with Gasteiger partial charge >= 0.3 is 0 Å². The average molecular weight is 1000 g/mol. The Kier molecular flexibility index (Phi) is 18.7. The van der Waals surface area contributed by atoms with Crippen molar-refractivity contribution in [2.45, 2.75) is 184 Å². The topological polar surface area (TPSA) is 476 Å². The van der Waals surface area contributed by atoms with Gasteiger partial charge < -0.3 is 144 Å². The van der Waals surface area contributed by atoms with E-state index in [2.05, 4.69) is 5.48 Å². The lowest BCUT2D eigenvalue weighted by Gasteiger charge is -2.51. The molecule has 0 radical (unpaired) electrons. The fourth-order valence-corrected chi connectivity index (χ4v) is 9.18. The predicted molar refractivity (Wildman–Crippen MR) is 204 cm³/mol. The van der Waals surface area contributed by atoms with Gasteiger partial charge in [0, 0.05) is 7.05 Å². The SMILES string of the molecule is CNO[C@@H]1[C@@H](O)[C@H]2O[C@H]3[C@H](O)[C@@H](O)[C@@H](O[C@H]4[C@H](O)[C@@H](O)[C@@H](O[C@H]5[C@H](O)[C@@H](O)[C@@H](O[C@H]6[C@H](O)[C@@H](O)[C@@H](O[C@H]7[C@H](O)[C@@H](O)[C@@H](O[C@H]1[C@@H](CO)O2)O[C@@H]7CO)O[C@@H]6CO)O[C@@H]5CO)O[C@@H]4CO)O[C@@H]3CO. The zero-order valence-corrected chi connectivity index (χ0v) is 36.0. The van der Waals surface area contributed by atoms with Gasteiger partial charge in [0.2, 0.25) is 0 Å². The Morgan fingerprint density at radius 2 is 0.471 bits per heavy atom. The second kappa shape index (κ2) is 23.3. The van der Waals surface area contributed by atoms with Crippen LogP contribution in [-0.4, -0.2) is 318 Å². The lowest BCUT2D eigenvalue weighted by molar-refractivity contribution is -0.405. The van der Waals surface area contributed by atoms with Crippen LogP contribution < -0.4 is 5.48 Å². The van der Waals surface area contributed by atoms with Crippen LogP contribution in [0.3, 0.4) is 0 Å². The molecule has 22 aliphatic rings. The highest BCUT2D eigenvalue weighted by Crippen LogP contribution is 2.38. The van der Waals surface area contributed by atoms with Crippen molar-refractivity contribution in [1.82, 2.24) is 5.48 Å². The normalized spacial score (nSPS) is 54.1. The zero-order valence-electron chi connectivity index (χ0n) is 36.0. The summed E-state index contributed by atoms with van der Waals surface area (Å²) in [6.45, 7) is -5.87. The maximum atomic E-state index is 11.5. The largest absolute Gasteiger partial charge is 0.394 e. The van der Waals surface area contributed by atoms with Gasteiger partial charge in [-0.3, -0.25) is 4.84 Å². The highest BCUT2D eigenvalue weighted by Gasteiger charge is 2.59. The number of hydrogen-bond acceptors (Lipinski definition) is 31. The van der Waals surface area contributed by atoms with Crippen molar-refractivity contribution in [2.24, 2.45) is 0 Å². The molecule has 0 aromatic carbocycles. The molecule has 12 bridgehead atoms. The number of ether oxygens (including phenoxy) is 12. The minimum atomic E-state index is -2.14. The van der Waals surface area contributed by atoms with Gasteiger partial charge in [-0.25, -0.2) is 5.48 Å². The number of rotatable bonds is 8. The summed E-state index contributed by atoms with van der Waals surface area (Å²) in [5.74, 6) is 0. The molecule has 0 amide bonds. The molecule has 22 aliphatic heterocycles. The molecule has 22 rings (SSSR count). The molecule has 0 aromatic rings. The molecule has 31 nitrogen and oxygen atoms in total. The molecule has 0 spiro atoms. The maximum absolute atomic E-state index is 11.5. The van der Waals surface area contributed by atoms with Crippen LogP contribution in [-0.2, 0) is 61.7 Å². The van der Waals surface area contributed by atoms with Crippen molar-refractivity contribution in [2.75, 3.05) is 46.7 Å². The first-order valence-corrected chi connectivity index (χ1v) is 21.8. The quantitative estimate of drug-likeness (QED) is 0.100. The van der Waals surface area contributed by atoms with Crippen LogP contribution in [0.5, 0.6) is 0 Å². The molecule has 30 atom stereocenters. The second-order valence-corrected chi connectivity index (χ2v) is 17.1. The number of aliphatic hydroxyl groups excluding tert-OH is 17. The average Bonchev–Trinajstić information content (AvgIpc) is 3.33. The molecule has 22 heterocycles. The summed E-state index contributed by atoms with van der Waals surface area (Å²) in [5.41, 5.74) is 2.33. The minimum absolute atomic E-state index is 0.937. The van der Waals surface area contributed by atoms with Crippen LogP contribution >= 0.6 is 0 Å². The smallest absolute Gasteiger partial charge is 0.187 e. The highest BCUT2D eigenvalue weighted by molar-refractivity contribution is 5.01. The van der Waals surface area contributed by atoms with Gasteiger partial charge in [-0.1, -0.05) is 0 Å². The van der Waals surface area contributed by atoms with E-state index in [4.69, 9.17) is 61.7 Å². The molecule has 0 aliphatic carbocycles. The van der Waals surface area contributed by atoms with Gasteiger partial charge in [0.15, 0.2) is 37.7 Å². The number of hydroxylamine groups is 1. The van der Waals surface area contributed by atoms with Gasteiger partial charge in [0.1, 0.15) is 146 Å². The van der Waals surface area contributed by atoms with E-state index in [1.807, 2.05) is 0 Å². The van der Waals surface area contributed by atoms with Crippen LogP contribution in [0, 0.1) is 0 Å². The summed E-state index contributed by atoms with van der Waals surface area (Å²) in [6, 6.07) is 0. The van der Waals surface area contributed by atoms with E-state index in [9.17, 15) is 86.8 Å². The molecule has 0 saturated carbocycles. The highest BCUT2D eigenvalue weighted by atomic mass is 16.8. The lowest BCUT2D eigenvalue weighted by Crippen LogP contribution is -2.69. The summed E-state index contributed by atoms with van der Waals surface area (Å²) in [6.07, 6.45) is -57.1. The first kappa shape index (κ1) is 54.5. The summed E-state index contributed by atoms with van der Waals surface area (Å²) >= 11 is 0. The zero-order chi connectivity index (χ0) is 49.5. The van der Waals surface area contributed by atoms with Gasteiger partial charge in [-0.15, -0.1) is 0 Å². The van der Waals surface area contributed by atoms with Crippen molar-refractivity contribution < 1.29 is 148 Å². The molecule has 18 N–H and O–H groups in total. The standard InChI is InChI=1S/C37H63NO30/c1-38-68-31-24(55)37-61-13(7-44)30(31)67-36-23(54)18(49)28(11(5-42)60-36)65-34-21(52)16(47)26(9(3-40)58-34)63-32-19(50)14(45)25(8(2-39)56-32)62-33-20(51)15(46)27(10(4-41)57-33)64-35-22(53)17(48)29(66-37)12(6-43)59-35/h8-55H,2-7H2,1H3/t8-,9-,10-,11-,12-,13-,14-,15-,16-,17-,18-,19-,20-,21-,22-,23-,24-,25-,26-,27-,28-,29-,30+,31-,32-,33-,34-,35-,36-,37-/m1/s1. The Morgan fingerprint density at radius 1 is 0.279 bits per heavy atom.